The second kappa shape index (κ2) is 13.3. The first-order valence-electron chi connectivity index (χ1n) is 12.2. The Morgan fingerprint density at radius 2 is 1.40 bits per heavy atom. The highest BCUT2D eigenvalue weighted by atomic mass is 19.4. The zero-order valence-electron chi connectivity index (χ0n) is 22.1. The lowest BCUT2D eigenvalue weighted by molar-refractivity contribution is -0.279. The maximum atomic E-state index is 14.3. The van der Waals surface area contributed by atoms with E-state index in [1.54, 1.807) is 6.92 Å². The molecule has 0 radical (unpaired) electrons. The predicted octanol–water partition coefficient (Wildman–Crippen LogP) is 6.55. The molecule has 5 nitrogen and oxygen atoms in total. The molecule has 0 aliphatic heterocycles. The molecule has 35 heavy (non-hydrogen) atoms. The monoisotopic (exact) mass is 502 g/mol. The second-order valence-electron chi connectivity index (χ2n) is 10.2. The highest BCUT2D eigenvalue weighted by molar-refractivity contribution is 5.83. The molecule has 0 heterocycles. The zero-order chi connectivity index (χ0) is 27.0. The Labute approximate surface area is 207 Å². The Balaban J connectivity index is 3.27. The Morgan fingerprint density at radius 1 is 0.857 bits per heavy atom. The number of esters is 2. The van der Waals surface area contributed by atoms with Gasteiger partial charge in [0.1, 0.15) is 6.10 Å². The molecular formula is C27H41F3O5. The minimum Gasteiger partial charge on any atom is -0.469 e. The van der Waals surface area contributed by atoms with Crippen LogP contribution < -0.4 is 0 Å². The summed E-state index contributed by atoms with van der Waals surface area (Å²) in [5.74, 6) is -2.37. The average Bonchev–Trinajstić information content (AvgIpc) is 2.76. The van der Waals surface area contributed by atoms with Gasteiger partial charge in [0.25, 0.3) is 5.60 Å². The lowest BCUT2D eigenvalue weighted by Gasteiger charge is -2.36. The van der Waals surface area contributed by atoms with Crippen LogP contribution in [0.3, 0.4) is 0 Å². The molecule has 0 aliphatic carbocycles. The second-order valence-corrected chi connectivity index (χ2v) is 10.2. The SMILES string of the molecule is COC(=O)[C@H](C)[C@H](OC(=O)[C@](OC)(c1ccccc1)C(F)(F)F)C(C)CC(C)CC(C)CC(C)C. The lowest BCUT2D eigenvalue weighted by Crippen LogP contribution is -2.53. The smallest absolute Gasteiger partial charge is 0.432 e. The molecule has 0 spiro atoms. The molecule has 1 aromatic rings. The summed E-state index contributed by atoms with van der Waals surface area (Å²) in [6.45, 7) is 11.8. The molecule has 6 atom stereocenters. The molecule has 3 unspecified atom stereocenters. The molecule has 0 amide bonds. The molecule has 8 heteroatoms. The van der Waals surface area contributed by atoms with Crippen molar-refractivity contribution in [3.05, 3.63) is 35.9 Å². The molecule has 0 aromatic heterocycles. The van der Waals surface area contributed by atoms with E-state index in [1.807, 2.05) is 0 Å². The Kier molecular flexibility index (Phi) is 11.7. The summed E-state index contributed by atoms with van der Waals surface area (Å²) < 4.78 is 58.2. The predicted molar refractivity (Wildman–Crippen MR) is 128 cm³/mol. The summed E-state index contributed by atoms with van der Waals surface area (Å²) in [6, 6.07) is 6.65. The van der Waals surface area contributed by atoms with E-state index in [4.69, 9.17) is 14.2 Å². The Hall–Kier alpha value is -2.09. The van der Waals surface area contributed by atoms with Crippen LogP contribution >= 0.6 is 0 Å². The third-order valence-corrected chi connectivity index (χ3v) is 6.50. The van der Waals surface area contributed by atoms with E-state index < -0.39 is 47.2 Å². The van der Waals surface area contributed by atoms with Gasteiger partial charge in [-0.25, -0.2) is 4.79 Å². The minimum absolute atomic E-state index is 0.216. The number of ether oxygens (including phenoxy) is 3. The fraction of sp³-hybridized carbons (Fsp3) is 0.704. The third kappa shape index (κ3) is 7.95. The number of rotatable bonds is 13. The van der Waals surface area contributed by atoms with Gasteiger partial charge in [-0.2, -0.15) is 13.2 Å². The molecule has 200 valence electrons. The third-order valence-electron chi connectivity index (χ3n) is 6.50. The number of alkyl halides is 3. The van der Waals surface area contributed by atoms with Gasteiger partial charge in [0, 0.05) is 12.7 Å². The maximum absolute atomic E-state index is 14.3. The fourth-order valence-electron chi connectivity index (χ4n) is 5.08. The van der Waals surface area contributed by atoms with Crippen LogP contribution in [0.4, 0.5) is 13.2 Å². The lowest BCUT2D eigenvalue weighted by atomic mass is 9.82. The standard InChI is InChI=1S/C27H41F3O5/c1-17(2)14-18(3)15-19(4)16-20(5)23(21(6)24(31)33-7)35-25(32)26(34-8,27(28,29)30)22-12-10-9-11-13-22/h9-13,17-21,23H,14-16H2,1-8H3/t18?,19?,20?,21-,23-,26-/m1/s1. The quantitative estimate of drug-likeness (QED) is 0.286. The maximum Gasteiger partial charge on any atom is 0.432 e. The number of hydrogen-bond acceptors (Lipinski definition) is 5. The van der Waals surface area contributed by atoms with E-state index in [1.165, 1.54) is 44.4 Å². The summed E-state index contributed by atoms with van der Waals surface area (Å²) in [5.41, 5.74) is -3.72. The van der Waals surface area contributed by atoms with Crippen molar-refractivity contribution < 1.29 is 37.0 Å². The van der Waals surface area contributed by atoms with Crippen LogP contribution in [0.2, 0.25) is 0 Å². The number of hydrogen-bond donors (Lipinski definition) is 0. The Morgan fingerprint density at radius 3 is 1.86 bits per heavy atom. The molecule has 0 bridgehead atoms. The molecule has 0 saturated carbocycles. The first kappa shape index (κ1) is 30.9. The van der Waals surface area contributed by atoms with Gasteiger partial charge < -0.3 is 14.2 Å². The van der Waals surface area contributed by atoms with E-state index in [9.17, 15) is 22.8 Å². The first-order chi connectivity index (χ1) is 16.2. The summed E-state index contributed by atoms with van der Waals surface area (Å²) in [5, 5.41) is 0. The zero-order valence-corrected chi connectivity index (χ0v) is 22.1. The molecule has 0 N–H and O–H groups in total. The summed E-state index contributed by atoms with van der Waals surface area (Å²) in [7, 11) is 2.01. The van der Waals surface area contributed by atoms with Crippen molar-refractivity contribution >= 4 is 11.9 Å². The molecule has 1 aromatic carbocycles. The van der Waals surface area contributed by atoms with E-state index in [2.05, 4.69) is 27.7 Å². The number of methoxy groups -OCH3 is 2. The molecular weight excluding hydrogens is 461 g/mol. The van der Waals surface area contributed by atoms with Crippen LogP contribution in [0.5, 0.6) is 0 Å². The van der Waals surface area contributed by atoms with Gasteiger partial charge in [-0.05, 0) is 49.9 Å². The van der Waals surface area contributed by atoms with Gasteiger partial charge in [-0.15, -0.1) is 0 Å². The number of carbonyl (C=O) groups excluding carboxylic acids is 2. The summed E-state index contributed by atoms with van der Waals surface area (Å²) >= 11 is 0. The van der Waals surface area contributed by atoms with Crippen molar-refractivity contribution in [1.82, 2.24) is 0 Å². The van der Waals surface area contributed by atoms with Gasteiger partial charge in [0.05, 0.1) is 13.0 Å². The van der Waals surface area contributed by atoms with Crippen LogP contribution in [-0.4, -0.2) is 38.4 Å². The molecule has 0 fully saturated rings. The van der Waals surface area contributed by atoms with Crippen molar-refractivity contribution in [3.8, 4) is 0 Å². The van der Waals surface area contributed by atoms with Gasteiger partial charge in [-0.1, -0.05) is 65.0 Å². The summed E-state index contributed by atoms with van der Waals surface area (Å²) in [4.78, 5) is 25.6. The largest absolute Gasteiger partial charge is 0.469 e. The van der Waals surface area contributed by atoms with Gasteiger partial charge in [0.2, 0.25) is 0 Å². The molecule has 0 aliphatic rings. The van der Waals surface area contributed by atoms with Crippen molar-refractivity contribution in [2.75, 3.05) is 14.2 Å². The van der Waals surface area contributed by atoms with E-state index in [0.29, 0.717) is 18.3 Å². The van der Waals surface area contributed by atoms with Gasteiger partial charge in [-0.3, -0.25) is 4.79 Å². The van der Waals surface area contributed by atoms with E-state index >= 15 is 0 Å². The molecule has 0 saturated heterocycles. The highest BCUT2D eigenvalue weighted by Crippen LogP contribution is 2.44. The van der Waals surface area contributed by atoms with Crippen LogP contribution in [0.25, 0.3) is 0 Å². The van der Waals surface area contributed by atoms with E-state index in [-0.39, 0.29) is 5.92 Å². The van der Waals surface area contributed by atoms with Crippen molar-refractivity contribution in [1.29, 1.82) is 0 Å². The van der Waals surface area contributed by atoms with Gasteiger partial charge >= 0.3 is 18.1 Å². The van der Waals surface area contributed by atoms with Crippen molar-refractivity contribution in [2.45, 2.75) is 78.7 Å². The van der Waals surface area contributed by atoms with Crippen molar-refractivity contribution in [3.63, 3.8) is 0 Å². The van der Waals surface area contributed by atoms with Gasteiger partial charge in [0.15, 0.2) is 0 Å². The number of benzene rings is 1. The van der Waals surface area contributed by atoms with Crippen molar-refractivity contribution in [2.24, 2.45) is 29.6 Å². The topological polar surface area (TPSA) is 61.8 Å². The van der Waals surface area contributed by atoms with Crippen LogP contribution in [0.15, 0.2) is 30.3 Å². The average molecular weight is 503 g/mol. The number of halogens is 3. The summed E-state index contributed by atoms with van der Waals surface area (Å²) in [6.07, 6.45) is -3.67. The minimum atomic E-state index is -5.10. The fourth-order valence-corrected chi connectivity index (χ4v) is 5.08. The highest BCUT2D eigenvalue weighted by Gasteiger charge is 2.64. The van der Waals surface area contributed by atoms with Crippen LogP contribution in [0.1, 0.15) is 66.4 Å². The van der Waals surface area contributed by atoms with Crippen LogP contribution in [-0.2, 0) is 29.4 Å². The normalized spacial score (nSPS) is 18.2. The Bertz CT molecular complexity index is 796. The first-order valence-corrected chi connectivity index (χ1v) is 12.2. The molecule has 1 rings (SSSR count). The number of carbonyl (C=O) groups is 2. The van der Waals surface area contributed by atoms with E-state index in [0.717, 1.165) is 20.0 Å². The van der Waals surface area contributed by atoms with Crippen LogP contribution in [0, 0.1) is 29.6 Å².